The molecule has 0 atom stereocenters. The van der Waals surface area contributed by atoms with E-state index in [9.17, 15) is 4.79 Å². The maximum absolute atomic E-state index is 11.5. The van der Waals surface area contributed by atoms with Crippen LogP contribution in [0.2, 0.25) is 0 Å². The van der Waals surface area contributed by atoms with Gasteiger partial charge < -0.3 is 10.6 Å². The first-order valence-electron chi connectivity index (χ1n) is 6.73. The van der Waals surface area contributed by atoms with E-state index in [1.165, 1.54) is 0 Å². The molecule has 5 heteroatoms. The second-order valence-corrected chi connectivity index (χ2v) is 6.25. The average molecular weight is 266 g/mol. The van der Waals surface area contributed by atoms with Crippen molar-refractivity contribution in [3.8, 4) is 0 Å². The molecule has 1 amide bonds. The average Bonchev–Trinajstić information content (AvgIpc) is 2.58. The van der Waals surface area contributed by atoms with Crippen molar-refractivity contribution in [2.75, 3.05) is 6.54 Å². The fourth-order valence-corrected chi connectivity index (χ4v) is 1.98. The van der Waals surface area contributed by atoms with Crippen LogP contribution < -0.4 is 10.6 Å². The molecule has 2 N–H and O–H groups in total. The second kappa shape index (κ2) is 6.19. The van der Waals surface area contributed by atoms with E-state index < -0.39 is 0 Å². The molecule has 0 fully saturated rings. The standard InChI is InChI=1S/C14H26N4O/c1-10(2)16-12(19)8-15-7-11-9-18(6)17-13(11)14(3,4)5/h9-10,15H,7-8H2,1-6H3,(H,16,19). The van der Waals surface area contributed by atoms with Crippen LogP contribution in [0.4, 0.5) is 0 Å². The van der Waals surface area contributed by atoms with E-state index in [-0.39, 0.29) is 17.4 Å². The van der Waals surface area contributed by atoms with Gasteiger partial charge in [-0.15, -0.1) is 0 Å². The van der Waals surface area contributed by atoms with Gasteiger partial charge in [0.2, 0.25) is 5.91 Å². The van der Waals surface area contributed by atoms with Crippen molar-refractivity contribution in [1.82, 2.24) is 20.4 Å². The Labute approximate surface area is 115 Å². The van der Waals surface area contributed by atoms with Gasteiger partial charge >= 0.3 is 0 Å². The molecule has 0 saturated carbocycles. The Balaban J connectivity index is 2.57. The zero-order chi connectivity index (χ0) is 14.6. The van der Waals surface area contributed by atoms with Crippen LogP contribution in [0, 0.1) is 0 Å². The molecule has 108 valence electrons. The number of aromatic nitrogens is 2. The monoisotopic (exact) mass is 266 g/mol. The Kier molecular flexibility index (Phi) is 5.11. The van der Waals surface area contributed by atoms with Crippen LogP contribution in [0.15, 0.2) is 6.20 Å². The fraction of sp³-hybridized carbons (Fsp3) is 0.714. The van der Waals surface area contributed by atoms with E-state index in [0.29, 0.717) is 13.1 Å². The molecule has 0 spiro atoms. The summed E-state index contributed by atoms with van der Waals surface area (Å²) in [7, 11) is 1.92. The minimum Gasteiger partial charge on any atom is -0.353 e. The van der Waals surface area contributed by atoms with Crippen LogP contribution in [0.3, 0.4) is 0 Å². The van der Waals surface area contributed by atoms with Crippen LogP contribution in [0.5, 0.6) is 0 Å². The van der Waals surface area contributed by atoms with E-state index in [0.717, 1.165) is 11.3 Å². The molecule has 0 aliphatic rings. The molecule has 19 heavy (non-hydrogen) atoms. The van der Waals surface area contributed by atoms with Gasteiger partial charge in [-0.1, -0.05) is 20.8 Å². The summed E-state index contributed by atoms with van der Waals surface area (Å²) in [6.45, 7) is 11.3. The number of aryl methyl sites for hydroxylation is 1. The summed E-state index contributed by atoms with van der Waals surface area (Å²) < 4.78 is 1.83. The molecule has 1 aromatic rings. The predicted molar refractivity (Wildman–Crippen MR) is 76.9 cm³/mol. The van der Waals surface area contributed by atoms with Crippen LogP contribution in [-0.2, 0) is 23.8 Å². The summed E-state index contributed by atoms with van der Waals surface area (Å²) in [5, 5.41) is 10.5. The van der Waals surface area contributed by atoms with Gasteiger partial charge in [0.15, 0.2) is 0 Å². The van der Waals surface area contributed by atoms with Crippen molar-refractivity contribution in [1.29, 1.82) is 0 Å². The topological polar surface area (TPSA) is 59.0 Å². The van der Waals surface area contributed by atoms with E-state index in [1.807, 2.05) is 31.8 Å². The van der Waals surface area contributed by atoms with Crippen molar-refractivity contribution >= 4 is 5.91 Å². The minimum absolute atomic E-state index is 0.0124. The highest BCUT2D eigenvalue weighted by molar-refractivity contribution is 5.78. The Morgan fingerprint density at radius 3 is 2.58 bits per heavy atom. The molecule has 0 aliphatic heterocycles. The van der Waals surface area contributed by atoms with Gasteiger partial charge in [-0.2, -0.15) is 5.10 Å². The smallest absolute Gasteiger partial charge is 0.234 e. The number of hydrogen-bond donors (Lipinski definition) is 2. The lowest BCUT2D eigenvalue weighted by atomic mass is 9.89. The molecule has 1 aromatic heterocycles. The van der Waals surface area contributed by atoms with E-state index in [2.05, 4.69) is 36.5 Å². The van der Waals surface area contributed by atoms with Gasteiger partial charge in [-0.05, 0) is 13.8 Å². The summed E-state index contributed by atoms with van der Waals surface area (Å²) in [6, 6.07) is 0.179. The highest BCUT2D eigenvalue weighted by Crippen LogP contribution is 2.23. The molecule has 0 bridgehead atoms. The number of nitrogens with zero attached hydrogens (tertiary/aromatic N) is 2. The largest absolute Gasteiger partial charge is 0.353 e. The normalized spacial score (nSPS) is 11.9. The van der Waals surface area contributed by atoms with Gasteiger partial charge in [-0.3, -0.25) is 9.48 Å². The van der Waals surface area contributed by atoms with Gasteiger partial charge in [-0.25, -0.2) is 0 Å². The Morgan fingerprint density at radius 2 is 2.05 bits per heavy atom. The molecule has 0 aliphatic carbocycles. The van der Waals surface area contributed by atoms with Crippen molar-refractivity contribution in [2.45, 2.75) is 52.6 Å². The number of carbonyl (C=O) groups is 1. The minimum atomic E-state index is 0.0124. The van der Waals surface area contributed by atoms with Crippen molar-refractivity contribution in [3.05, 3.63) is 17.5 Å². The molecule has 0 saturated heterocycles. The molecule has 0 aromatic carbocycles. The number of carbonyl (C=O) groups excluding carboxylic acids is 1. The molecule has 1 heterocycles. The second-order valence-electron chi connectivity index (χ2n) is 6.25. The number of rotatable bonds is 5. The Bertz CT molecular complexity index is 429. The third kappa shape index (κ3) is 5.03. The number of amides is 1. The first kappa shape index (κ1) is 15.7. The maximum atomic E-state index is 11.5. The van der Waals surface area contributed by atoms with Crippen LogP contribution in [0.1, 0.15) is 45.9 Å². The highest BCUT2D eigenvalue weighted by atomic mass is 16.1. The first-order chi connectivity index (χ1) is 8.70. The molecule has 1 rings (SSSR count). The summed E-state index contributed by atoms with van der Waals surface area (Å²) in [5.74, 6) is 0.0243. The van der Waals surface area contributed by atoms with Crippen LogP contribution in [0.25, 0.3) is 0 Å². The highest BCUT2D eigenvalue weighted by Gasteiger charge is 2.21. The summed E-state index contributed by atoms with van der Waals surface area (Å²) in [6.07, 6.45) is 2.01. The Hall–Kier alpha value is -1.36. The first-order valence-corrected chi connectivity index (χ1v) is 6.73. The van der Waals surface area contributed by atoms with E-state index >= 15 is 0 Å². The van der Waals surface area contributed by atoms with Gasteiger partial charge in [0.25, 0.3) is 0 Å². The summed E-state index contributed by atoms with van der Waals surface area (Å²) in [5.41, 5.74) is 2.23. The molecule has 0 unspecified atom stereocenters. The lowest BCUT2D eigenvalue weighted by Crippen LogP contribution is -2.37. The maximum Gasteiger partial charge on any atom is 0.234 e. The zero-order valence-electron chi connectivity index (χ0n) is 12.9. The zero-order valence-corrected chi connectivity index (χ0v) is 12.9. The molecule has 0 radical (unpaired) electrons. The van der Waals surface area contributed by atoms with E-state index in [1.54, 1.807) is 0 Å². The van der Waals surface area contributed by atoms with Gasteiger partial charge in [0.1, 0.15) is 0 Å². The third-order valence-corrected chi connectivity index (χ3v) is 2.67. The van der Waals surface area contributed by atoms with Crippen molar-refractivity contribution in [2.24, 2.45) is 7.05 Å². The SMILES string of the molecule is CC(C)NC(=O)CNCc1cn(C)nc1C(C)(C)C. The Morgan fingerprint density at radius 1 is 1.42 bits per heavy atom. The number of hydrogen-bond acceptors (Lipinski definition) is 3. The molecule has 5 nitrogen and oxygen atoms in total. The molecular weight excluding hydrogens is 240 g/mol. The summed E-state index contributed by atoms with van der Waals surface area (Å²) >= 11 is 0. The lowest BCUT2D eigenvalue weighted by molar-refractivity contribution is -0.120. The quantitative estimate of drug-likeness (QED) is 0.845. The fourth-order valence-electron chi connectivity index (χ4n) is 1.98. The summed E-state index contributed by atoms with van der Waals surface area (Å²) in [4.78, 5) is 11.5. The van der Waals surface area contributed by atoms with Gasteiger partial charge in [0.05, 0.1) is 12.2 Å². The van der Waals surface area contributed by atoms with Gasteiger partial charge in [0, 0.05) is 36.8 Å². The van der Waals surface area contributed by atoms with Crippen molar-refractivity contribution in [3.63, 3.8) is 0 Å². The van der Waals surface area contributed by atoms with Crippen LogP contribution in [-0.4, -0.2) is 28.3 Å². The van der Waals surface area contributed by atoms with Crippen LogP contribution >= 0.6 is 0 Å². The van der Waals surface area contributed by atoms with E-state index in [4.69, 9.17) is 0 Å². The molecular formula is C14H26N4O. The predicted octanol–water partition coefficient (Wildman–Crippen LogP) is 1.33. The van der Waals surface area contributed by atoms with Crippen molar-refractivity contribution < 1.29 is 4.79 Å². The lowest BCUT2D eigenvalue weighted by Gasteiger charge is -2.17. The number of nitrogens with one attached hydrogen (secondary N) is 2. The third-order valence-electron chi connectivity index (χ3n) is 2.67.